The van der Waals surface area contributed by atoms with Crippen LogP contribution in [0.4, 0.5) is 0 Å². The van der Waals surface area contributed by atoms with E-state index >= 15 is 0 Å². The summed E-state index contributed by atoms with van der Waals surface area (Å²) in [4.78, 5) is 25.9. The minimum atomic E-state index is -0.137. The number of hydrogen-bond donors (Lipinski definition) is 1. The second-order valence-corrected chi connectivity index (χ2v) is 11.0. The molecule has 3 heteroatoms. The molecule has 0 radical (unpaired) electrons. The summed E-state index contributed by atoms with van der Waals surface area (Å²) in [5.74, 6) is 2.22. The van der Waals surface area contributed by atoms with Gasteiger partial charge in [-0.3, -0.25) is 9.59 Å². The SMILES string of the molecule is CC1(C)[C@@H]2CC[C@]1(C)C(=O)[C@@H]2CNC[C@H]1C(=O)[C@@]2(C)CC[C@@H]1C2(C)C. The van der Waals surface area contributed by atoms with Gasteiger partial charge in [-0.05, 0) is 48.3 Å². The van der Waals surface area contributed by atoms with Gasteiger partial charge in [0.25, 0.3) is 0 Å². The molecule has 140 valence electrons. The van der Waals surface area contributed by atoms with E-state index in [2.05, 4.69) is 46.9 Å². The van der Waals surface area contributed by atoms with Crippen molar-refractivity contribution >= 4 is 11.6 Å². The van der Waals surface area contributed by atoms with Crippen molar-refractivity contribution in [3.63, 3.8) is 0 Å². The molecule has 25 heavy (non-hydrogen) atoms. The fraction of sp³-hybridized carbons (Fsp3) is 0.909. The molecule has 0 spiro atoms. The minimum Gasteiger partial charge on any atom is -0.315 e. The number of rotatable bonds is 4. The average molecular weight is 346 g/mol. The molecule has 0 aromatic carbocycles. The van der Waals surface area contributed by atoms with E-state index in [1.807, 2.05) is 0 Å². The van der Waals surface area contributed by atoms with Crippen LogP contribution >= 0.6 is 0 Å². The Hall–Kier alpha value is -0.700. The molecule has 0 aromatic heterocycles. The summed E-state index contributed by atoms with van der Waals surface area (Å²) >= 11 is 0. The second kappa shape index (κ2) is 4.97. The van der Waals surface area contributed by atoms with Crippen molar-refractivity contribution in [3.8, 4) is 0 Å². The number of carbonyl (C=O) groups excluding carboxylic acids is 2. The van der Waals surface area contributed by atoms with Crippen LogP contribution in [0.25, 0.3) is 0 Å². The van der Waals surface area contributed by atoms with E-state index in [1.54, 1.807) is 0 Å². The molecule has 4 fully saturated rings. The van der Waals surface area contributed by atoms with E-state index in [0.29, 0.717) is 23.4 Å². The lowest BCUT2D eigenvalue weighted by Crippen LogP contribution is -2.40. The molecule has 0 amide bonds. The normalized spacial score (nSPS) is 49.4. The van der Waals surface area contributed by atoms with Gasteiger partial charge in [0.05, 0.1) is 0 Å². The summed E-state index contributed by atoms with van der Waals surface area (Å²) in [5, 5.41) is 3.57. The monoisotopic (exact) mass is 345 g/mol. The van der Waals surface area contributed by atoms with Crippen LogP contribution < -0.4 is 5.32 Å². The molecule has 6 atom stereocenters. The van der Waals surface area contributed by atoms with Crippen molar-refractivity contribution in [1.82, 2.24) is 5.32 Å². The van der Waals surface area contributed by atoms with Gasteiger partial charge in [-0.1, -0.05) is 41.5 Å². The van der Waals surface area contributed by atoms with Crippen LogP contribution in [0, 0.1) is 45.3 Å². The van der Waals surface area contributed by atoms with E-state index in [0.717, 1.165) is 25.9 Å². The maximum Gasteiger partial charge on any atom is 0.143 e. The van der Waals surface area contributed by atoms with Crippen molar-refractivity contribution in [2.24, 2.45) is 45.3 Å². The number of carbonyl (C=O) groups is 2. The maximum atomic E-state index is 13.0. The molecule has 4 aliphatic rings. The number of Topliss-reactive ketones (excluding diaryl/α,β-unsaturated/α-hetero) is 2. The lowest BCUT2D eigenvalue weighted by atomic mass is 9.70. The summed E-state index contributed by atoms with van der Waals surface area (Å²) in [6, 6.07) is 0. The van der Waals surface area contributed by atoms with Gasteiger partial charge in [0.15, 0.2) is 0 Å². The first-order valence-corrected chi connectivity index (χ1v) is 10.3. The van der Waals surface area contributed by atoms with Crippen molar-refractivity contribution in [2.45, 2.75) is 67.2 Å². The van der Waals surface area contributed by atoms with Crippen LogP contribution in [0.2, 0.25) is 0 Å². The molecule has 0 aliphatic heterocycles. The van der Waals surface area contributed by atoms with Gasteiger partial charge in [0.1, 0.15) is 11.6 Å². The van der Waals surface area contributed by atoms with E-state index in [1.165, 1.54) is 12.8 Å². The summed E-state index contributed by atoms with van der Waals surface area (Å²) in [6.45, 7) is 15.0. The lowest BCUT2D eigenvalue weighted by molar-refractivity contribution is -0.131. The van der Waals surface area contributed by atoms with Crippen LogP contribution in [-0.4, -0.2) is 24.7 Å². The first-order valence-electron chi connectivity index (χ1n) is 10.3. The Kier molecular flexibility index (Phi) is 3.52. The third-order valence-corrected chi connectivity index (χ3v) is 10.1. The molecular formula is C22H35NO2. The van der Waals surface area contributed by atoms with Crippen LogP contribution in [0.1, 0.15) is 67.2 Å². The van der Waals surface area contributed by atoms with Crippen LogP contribution in [0.15, 0.2) is 0 Å². The molecule has 3 nitrogen and oxygen atoms in total. The number of hydrogen-bond acceptors (Lipinski definition) is 3. The largest absolute Gasteiger partial charge is 0.315 e. The molecule has 0 saturated heterocycles. The van der Waals surface area contributed by atoms with Gasteiger partial charge in [-0.25, -0.2) is 0 Å². The third-order valence-electron chi connectivity index (χ3n) is 10.1. The number of ketones is 2. The lowest BCUT2D eigenvalue weighted by Gasteiger charge is -2.32. The molecule has 4 saturated carbocycles. The second-order valence-electron chi connectivity index (χ2n) is 11.0. The highest BCUT2D eigenvalue weighted by Crippen LogP contribution is 2.66. The predicted molar refractivity (Wildman–Crippen MR) is 99.1 cm³/mol. The summed E-state index contributed by atoms with van der Waals surface area (Å²) in [7, 11) is 0. The van der Waals surface area contributed by atoms with Gasteiger partial charge in [-0.2, -0.15) is 0 Å². The fourth-order valence-corrected chi connectivity index (χ4v) is 7.41. The van der Waals surface area contributed by atoms with Crippen molar-refractivity contribution in [2.75, 3.05) is 13.1 Å². The predicted octanol–water partition coefficient (Wildman–Crippen LogP) is 3.86. The van der Waals surface area contributed by atoms with Gasteiger partial charge in [-0.15, -0.1) is 0 Å². The Morgan fingerprint density at radius 3 is 1.40 bits per heavy atom. The Balaban J connectivity index is 1.42. The highest BCUT2D eigenvalue weighted by atomic mass is 16.1. The van der Waals surface area contributed by atoms with E-state index in [-0.39, 0.29) is 33.5 Å². The minimum absolute atomic E-state index is 0.119. The molecule has 0 heterocycles. The maximum absolute atomic E-state index is 13.0. The van der Waals surface area contributed by atoms with Crippen LogP contribution in [0.5, 0.6) is 0 Å². The first kappa shape index (κ1) is 17.7. The Labute approximate surface area is 152 Å². The van der Waals surface area contributed by atoms with Crippen molar-refractivity contribution < 1.29 is 9.59 Å². The zero-order valence-corrected chi connectivity index (χ0v) is 16.9. The van der Waals surface area contributed by atoms with E-state index in [4.69, 9.17) is 0 Å². The Morgan fingerprint density at radius 2 is 1.12 bits per heavy atom. The summed E-state index contributed by atoms with van der Waals surface area (Å²) < 4.78 is 0. The van der Waals surface area contributed by atoms with Crippen LogP contribution in [0.3, 0.4) is 0 Å². The molecule has 0 aromatic rings. The zero-order chi connectivity index (χ0) is 18.4. The molecule has 1 N–H and O–H groups in total. The third kappa shape index (κ3) is 1.86. The quantitative estimate of drug-likeness (QED) is 0.841. The highest BCUT2D eigenvalue weighted by molar-refractivity contribution is 5.92. The topological polar surface area (TPSA) is 46.2 Å². The Morgan fingerprint density at radius 1 is 0.760 bits per heavy atom. The summed E-state index contributed by atoms with van der Waals surface area (Å²) in [6.07, 6.45) is 4.46. The molecule has 4 aliphatic carbocycles. The molecule has 4 rings (SSSR count). The van der Waals surface area contributed by atoms with E-state index < -0.39 is 0 Å². The molecule has 0 unspecified atom stereocenters. The zero-order valence-electron chi connectivity index (χ0n) is 16.9. The van der Waals surface area contributed by atoms with Gasteiger partial charge < -0.3 is 5.32 Å². The Bertz CT molecular complexity index is 582. The number of fused-ring (bicyclic) bond motifs is 4. The molecular weight excluding hydrogens is 310 g/mol. The smallest absolute Gasteiger partial charge is 0.143 e. The van der Waals surface area contributed by atoms with Gasteiger partial charge >= 0.3 is 0 Å². The number of nitrogens with one attached hydrogen (secondary N) is 1. The van der Waals surface area contributed by atoms with Crippen LogP contribution in [-0.2, 0) is 9.59 Å². The molecule has 4 bridgehead atoms. The van der Waals surface area contributed by atoms with E-state index in [9.17, 15) is 9.59 Å². The summed E-state index contributed by atoms with van der Waals surface area (Å²) in [5.41, 5.74) is -0.0360. The average Bonchev–Trinajstić information content (AvgIpc) is 3.01. The standard InChI is InChI=1S/C22H35NO2/c1-19(2)15-7-9-21(19,5)17(24)13(15)11-23-12-14-16-8-10-22(6,18(14)25)20(16,3)4/h13-16,23H,7-12H2,1-6H3/t13-,14-,15-,16+,21-,22-/m1/s1. The first-order chi connectivity index (χ1) is 11.5. The highest BCUT2D eigenvalue weighted by Gasteiger charge is 2.67. The van der Waals surface area contributed by atoms with Gasteiger partial charge in [0.2, 0.25) is 0 Å². The van der Waals surface area contributed by atoms with Gasteiger partial charge in [0, 0.05) is 35.8 Å². The van der Waals surface area contributed by atoms with Crippen molar-refractivity contribution in [3.05, 3.63) is 0 Å². The fourth-order valence-electron chi connectivity index (χ4n) is 7.41. The van der Waals surface area contributed by atoms with Crippen molar-refractivity contribution in [1.29, 1.82) is 0 Å².